The topological polar surface area (TPSA) is 66.5 Å². The first-order valence-corrected chi connectivity index (χ1v) is 10.3. The Balaban J connectivity index is 1.75. The smallest absolute Gasteiger partial charge is 0.261 e. The lowest BCUT2D eigenvalue weighted by Crippen LogP contribution is -2.23. The zero-order valence-corrected chi connectivity index (χ0v) is 14.9. The summed E-state index contributed by atoms with van der Waals surface area (Å²) in [6, 6.07) is 13.6. The summed E-state index contributed by atoms with van der Waals surface area (Å²) in [5.41, 5.74) is 1.27. The number of carbonyl (C=O) groups is 1. The van der Waals surface area contributed by atoms with Gasteiger partial charge in [-0.3, -0.25) is 9.52 Å². The largest absolute Gasteiger partial charge is 0.312 e. The zero-order valence-electron chi connectivity index (χ0n) is 13.2. The van der Waals surface area contributed by atoms with E-state index in [0.717, 1.165) is 17.0 Å². The third-order valence-corrected chi connectivity index (χ3v) is 6.02. The molecular weight excluding hydrogens is 344 g/mol. The van der Waals surface area contributed by atoms with Crippen LogP contribution in [0, 0.1) is 0 Å². The molecule has 126 valence electrons. The van der Waals surface area contributed by atoms with Crippen molar-refractivity contribution in [3.63, 3.8) is 0 Å². The van der Waals surface area contributed by atoms with Crippen molar-refractivity contribution in [3.8, 4) is 0 Å². The lowest BCUT2D eigenvalue weighted by molar-refractivity contribution is -0.117. The fourth-order valence-corrected chi connectivity index (χ4v) is 4.07. The molecule has 2 aromatic carbocycles. The normalized spacial score (nSPS) is 14.9. The maximum absolute atomic E-state index is 12.4. The number of nitrogens with zero attached hydrogens (tertiary/aromatic N) is 1. The van der Waals surface area contributed by atoms with Gasteiger partial charge in [0.25, 0.3) is 10.0 Å². The van der Waals surface area contributed by atoms with Crippen molar-refractivity contribution < 1.29 is 13.2 Å². The molecule has 0 radical (unpaired) electrons. The van der Waals surface area contributed by atoms with Gasteiger partial charge >= 0.3 is 0 Å². The second-order valence-electron chi connectivity index (χ2n) is 5.48. The summed E-state index contributed by atoms with van der Waals surface area (Å²) in [5, 5.41) is 0. The molecule has 0 saturated carbocycles. The van der Waals surface area contributed by atoms with Gasteiger partial charge < -0.3 is 4.90 Å². The number of anilines is 2. The summed E-state index contributed by atoms with van der Waals surface area (Å²) in [6.07, 6.45) is 3.37. The van der Waals surface area contributed by atoms with Crippen LogP contribution in [0.5, 0.6) is 0 Å². The fraction of sp³-hybridized carbons (Fsp3) is 0.235. The molecule has 3 rings (SSSR count). The van der Waals surface area contributed by atoms with Gasteiger partial charge in [-0.05, 0) is 61.2 Å². The van der Waals surface area contributed by atoms with Gasteiger partial charge in [0, 0.05) is 29.2 Å². The maximum atomic E-state index is 12.4. The summed E-state index contributed by atoms with van der Waals surface area (Å²) in [6.45, 7) is 0.714. The number of rotatable bonds is 5. The molecule has 0 unspecified atom stereocenters. The van der Waals surface area contributed by atoms with Gasteiger partial charge in [-0.15, -0.1) is 11.8 Å². The Kier molecular flexibility index (Phi) is 4.82. The molecule has 0 aliphatic carbocycles. The third kappa shape index (κ3) is 3.57. The predicted molar refractivity (Wildman–Crippen MR) is 97.1 cm³/mol. The first-order valence-electron chi connectivity index (χ1n) is 7.57. The summed E-state index contributed by atoms with van der Waals surface area (Å²) < 4.78 is 27.4. The van der Waals surface area contributed by atoms with Crippen LogP contribution in [-0.4, -0.2) is 27.1 Å². The molecule has 0 aromatic heterocycles. The molecule has 7 heteroatoms. The highest BCUT2D eigenvalue weighted by molar-refractivity contribution is 7.98. The Bertz CT molecular complexity index is 831. The van der Waals surface area contributed by atoms with E-state index in [-0.39, 0.29) is 10.8 Å². The van der Waals surface area contributed by atoms with Gasteiger partial charge in [0.2, 0.25) is 5.91 Å². The van der Waals surface area contributed by atoms with Crippen LogP contribution in [-0.2, 0) is 14.8 Å². The minimum absolute atomic E-state index is 0.109. The first-order chi connectivity index (χ1) is 11.5. The standard InChI is InChI=1S/C17H18N2O3S2/c1-23-15-8-10-16(11-9-15)24(21,22)18-13-4-6-14(7-5-13)19-12-2-3-17(19)20/h4-11,18H,2-3,12H2,1H3. The van der Waals surface area contributed by atoms with Crippen molar-refractivity contribution in [2.24, 2.45) is 0 Å². The van der Waals surface area contributed by atoms with Gasteiger partial charge in [0.05, 0.1) is 4.90 Å². The van der Waals surface area contributed by atoms with Crippen molar-refractivity contribution in [1.82, 2.24) is 0 Å². The average Bonchev–Trinajstić information content (AvgIpc) is 3.01. The molecule has 1 heterocycles. The molecule has 0 atom stereocenters. The Hall–Kier alpha value is -1.99. The third-order valence-electron chi connectivity index (χ3n) is 3.87. The molecule has 1 saturated heterocycles. The quantitative estimate of drug-likeness (QED) is 0.829. The fourth-order valence-electron chi connectivity index (χ4n) is 2.60. The number of nitrogens with one attached hydrogen (secondary N) is 1. The number of sulfonamides is 1. The molecule has 2 aromatic rings. The number of amides is 1. The van der Waals surface area contributed by atoms with Gasteiger partial charge in [0.1, 0.15) is 0 Å². The van der Waals surface area contributed by atoms with Crippen LogP contribution in [0.15, 0.2) is 58.3 Å². The number of carbonyl (C=O) groups excluding carboxylic acids is 1. The van der Waals surface area contributed by atoms with Gasteiger partial charge in [0.15, 0.2) is 0 Å². The van der Waals surface area contributed by atoms with Crippen LogP contribution < -0.4 is 9.62 Å². The van der Waals surface area contributed by atoms with E-state index >= 15 is 0 Å². The number of hydrogen-bond acceptors (Lipinski definition) is 4. The highest BCUT2D eigenvalue weighted by Gasteiger charge is 2.21. The van der Waals surface area contributed by atoms with E-state index in [1.165, 1.54) is 0 Å². The summed E-state index contributed by atoms with van der Waals surface area (Å²) in [7, 11) is -3.62. The number of thioether (sulfide) groups is 1. The van der Waals surface area contributed by atoms with E-state index in [9.17, 15) is 13.2 Å². The van der Waals surface area contributed by atoms with Crippen molar-refractivity contribution >= 4 is 39.1 Å². The Morgan fingerprint density at radius 2 is 1.71 bits per heavy atom. The zero-order chi connectivity index (χ0) is 17.2. The second-order valence-corrected chi connectivity index (χ2v) is 8.04. The van der Waals surface area contributed by atoms with E-state index in [0.29, 0.717) is 18.7 Å². The van der Waals surface area contributed by atoms with Gasteiger partial charge in [-0.2, -0.15) is 0 Å². The summed E-state index contributed by atoms with van der Waals surface area (Å²) in [5.74, 6) is 0.109. The van der Waals surface area contributed by atoms with Crippen LogP contribution in [0.3, 0.4) is 0 Å². The molecular formula is C17H18N2O3S2. The molecule has 1 aliphatic heterocycles. The molecule has 0 bridgehead atoms. The molecule has 5 nitrogen and oxygen atoms in total. The van der Waals surface area contributed by atoms with Gasteiger partial charge in [-0.25, -0.2) is 8.42 Å². The average molecular weight is 362 g/mol. The molecule has 1 N–H and O–H groups in total. The molecule has 1 aliphatic rings. The van der Waals surface area contributed by atoms with Crippen LogP contribution in [0.25, 0.3) is 0 Å². The lowest BCUT2D eigenvalue weighted by atomic mass is 10.2. The SMILES string of the molecule is CSc1ccc(S(=O)(=O)Nc2ccc(N3CCCC3=O)cc2)cc1. The summed E-state index contributed by atoms with van der Waals surface area (Å²) >= 11 is 1.56. The van der Waals surface area contributed by atoms with Crippen LogP contribution in [0.4, 0.5) is 11.4 Å². The Morgan fingerprint density at radius 3 is 2.25 bits per heavy atom. The van der Waals surface area contributed by atoms with E-state index in [4.69, 9.17) is 0 Å². The first kappa shape index (κ1) is 16.9. The van der Waals surface area contributed by atoms with Gasteiger partial charge in [-0.1, -0.05) is 0 Å². The van der Waals surface area contributed by atoms with Crippen molar-refractivity contribution in [2.75, 3.05) is 22.4 Å². The van der Waals surface area contributed by atoms with E-state index in [2.05, 4.69) is 4.72 Å². The maximum Gasteiger partial charge on any atom is 0.261 e. The molecule has 1 fully saturated rings. The Labute approximate surface area is 146 Å². The highest BCUT2D eigenvalue weighted by atomic mass is 32.2. The number of benzene rings is 2. The van der Waals surface area contributed by atoms with E-state index < -0.39 is 10.0 Å². The molecule has 0 spiro atoms. The second kappa shape index (κ2) is 6.86. The van der Waals surface area contributed by atoms with Crippen LogP contribution in [0.2, 0.25) is 0 Å². The minimum Gasteiger partial charge on any atom is -0.312 e. The monoisotopic (exact) mass is 362 g/mol. The predicted octanol–water partition coefficient (Wildman–Crippen LogP) is 3.34. The van der Waals surface area contributed by atoms with Crippen LogP contribution in [0.1, 0.15) is 12.8 Å². The van der Waals surface area contributed by atoms with E-state index in [1.807, 2.05) is 6.26 Å². The van der Waals surface area contributed by atoms with Crippen molar-refractivity contribution in [3.05, 3.63) is 48.5 Å². The van der Waals surface area contributed by atoms with Crippen molar-refractivity contribution in [2.45, 2.75) is 22.6 Å². The number of hydrogen-bond donors (Lipinski definition) is 1. The molecule has 24 heavy (non-hydrogen) atoms. The van der Waals surface area contributed by atoms with Crippen LogP contribution >= 0.6 is 11.8 Å². The minimum atomic E-state index is -3.62. The molecule has 1 amide bonds. The Morgan fingerprint density at radius 1 is 1.04 bits per heavy atom. The van der Waals surface area contributed by atoms with E-state index in [1.54, 1.807) is 65.2 Å². The van der Waals surface area contributed by atoms with Crippen molar-refractivity contribution in [1.29, 1.82) is 0 Å². The lowest BCUT2D eigenvalue weighted by Gasteiger charge is -2.16. The highest BCUT2D eigenvalue weighted by Crippen LogP contribution is 2.25. The summed E-state index contributed by atoms with van der Waals surface area (Å²) in [4.78, 5) is 14.7.